The van der Waals surface area contributed by atoms with E-state index in [2.05, 4.69) is 33.8 Å². The smallest absolute Gasteiger partial charge is 0.122 e. The summed E-state index contributed by atoms with van der Waals surface area (Å²) >= 11 is 3.46. The van der Waals surface area contributed by atoms with Crippen molar-refractivity contribution in [2.75, 3.05) is 26.2 Å². The molecule has 0 aliphatic carbocycles. The number of piperidine rings is 1. The highest BCUT2D eigenvalue weighted by atomic mass is 79.9. The van der Waals surface area contributed by atoms with Gasteiger partial charge in [0.2, 0.25) is 0 Å². The predicted molar refractivity (Wildman–Crippen MR) is 74.7 cm³/mol. The predicted octanol–water partition coefficient (Wildman–Crippen LogP) is 3.62. The molecule has 0 unspecified atom stereocenters. The van der Waals surface area contributed by atoms with Crippen LogP contribution in [0.1, 0.15) is 24.8 Å². The second-order valence-corrected chi connectivity index (χ2v) is 5.58. The Morgan fingerprint density at radius 2 is 2.00 bits per heavy atom. The molecule has 2 nitrogen and oxygen atoms in total. The highest BCUT2D eigenvalue weighted by Crippen LogP contribution is 2.22. The van der Waals surface area contributed by atoms with Gasteiger partial charge in [0.1, 0.15) is 12.4 Å². The number of hydrogen-bond acceptors (Lipinski definition) is 2. The van der Waals surface area contributed by atoms with E-state index in [1.165, 1.54) is 37.9 Å². The van der Waals surface area contributed by atoms with Gasteiger partial charge in [-0.1, -0.05) is 22.4 Å². The second kappa shape index (κ2) is 6.41. The summed E-state index contributed by atoms with van der Waals surface area (Å²) in [7, 11) is 0. The van der Waals surface area contributed by atoms with Crippen molar-refractivity contribution in [1.82, 2.24) is 4.90 Å². The lowest BCUT2D eigenvalue weighted by molar-refractivity contribution is 0.183. The maximum atomic E-state index is 5.83. The van der Waals surface area contributed by atoms with Gasteiger partial charge in [0.05, 0.1) is 0 Å². The molecule has 0 radical (unpaired) electrons. The Labute approximate surface area is 112 Å². The summed E-state index contributed by atoms with van der Waals surface area (Å²) < 4.78 is 6.94. The van der Waals surface area contributed by atoms with E-state index in [1.807, 2.05) is 12.1 Å². The minimum atomic E-state index is 0.794. The van der Waals surface area contributed by atoms with Crippen LogP contribution in [0.2, 0.25) is 0 Å². The Morgan fingerprint density at radius 1 is 1.24 bits per heavy atom. The van der Waals surface area contributed by atoms with Crippen LogP contribution < -0.4 is 4.74 Å². The average molecular weight is 298 g/mol. The maximum Gasteiger partial charge on any atom is 0.122 e. The average Bonchev–Trinajstić information content (AvgIpc) is 2.33. The fraction of sp³-hybridized carbons (Fsp3) is 0.571. The van der Waals surface area contributed by atoms with Gasteiger partial charge < -0.3 is 4.74 Å². The Morgan fingerprint density at radius 3 is 2.71 bits per heavy atom. The molecule has 0 amide bonds. The topological polar surface area (TPSA) is 12.5 Å². The molecule has 1 aliphatic rings. The molecule has 1 aliphatic heterocycles. The zero-order valence-corrected chi connectivity index (χ0v) is 12.0. The van der Waals surface area contributed by atoms with E-state index in [-0.39, 0.29) is 0 Å². The Hall–Kier alpha value is -0.540. The Bertz CT molecular complexity index is 361. The fourth-order valence-corrected chi connectivity index (χ4v) is 2.72. The van der Waals surface area contributed by atoms with Crippen LogP contribution in [0.3, 0.4) is 0 Å². The van der Waals surface area contributed by atoms with E-state index in [1.54, 1.807) is 0 Å². The number of rotatable bonds is 4. The molecule has 0 atom stereocenters. The summed E-state index contributed by atoms with van der Waals surface area (Å²) in [5, 5.41) is 0. The van der Waals surface area contributed by atoms with Crippen LogP contribution in [-0.4, -0.2) is 31.1 Å². The third kappa shape index (κ3) is 4.00. The molecule has 1 heterocycles. The van der Waals surface area contributed by atoms with Crippen molar-refractivity contribution in [2.24, 2.45) is 0 Å². The van der Waals surface area contributed by atoms with Gasteiger partial charge in [0, 0.05) is 11.0 Å². The van der Waals surface area contributed by atoms with Crippen molar-refractivity contribution >= 4 is 15.9 Å². The number of nitrogens with zero attached hydrogens (tertiary/aromatic N) is 1. The minimum absolute atomic E-state index is 0.794. The SMILES string of the molecule is Cc1cc(Br)ccc1OCCN1CCCCC1. The van der Waals surface area contributed by atoms with Gasteiger partial charge >= 0.3 is 0 Å². The summed E-state index contributed by atoms with van der Waals surface area (Å²) in [6, 6.07) is 6.16. The monoisotopic (exact) mass is 297 g/mol. The van der Waals surface area contributed by atoms with Crippen LogP contribution in [0.5, 0.6) is 5.75 Å². The van der Waals surface area contributed by atoms with Gasteiger partial charge in [-0.05, 0) is 56.6 Å². The zero-order chi connectivity index (χ0) is 12.1. The number of likely N-dealkylation sites (tertiary alicyclic amines) is 1. The first-order chi connectivity index (χ1) is 8.25. The second-order valence-electron chi connectivity index (χ2n) is 4.66. The quantitative estimate of drug-likeness (QED) is 0.842. The highest BCUT2D eigenvalue weighted by molar-refractivity contribution is 9.10. The number of benzene rings is 1. The normalized spacial score (nSPS) is 17.1. The molecule has 1 fully saturated rings. The largest absolute Gasteiger partial charge is 0.492 e. The third-order valence-corrected chi connectivity index (χ3v) is 3.74. The molecule has 17 heavy (non-hydrogen) atoms. The van der Waals surface area contributed by atoms with Gasteiger partial charge in [0.25, 0.3) is 0 Å². The number of aryl methyl sites for hydroxylation is 1. The number of ether oxygens (including phenoxy) is 1. The van der Waals surface area contributed by atoms with Crippen molar-refractivity contribution in [2.45, 2.75) is 26.2 Å². The molecule has 0 N–H and O–H groups in total. The van der Waals surface area contributed by atoms with Crippen molar-refractivity contribution in [3.05, 3.63) is 28.2 Å². The van der Waals surface area contributed by atoms with E-state index in [4.69, 9.17) is 4.74 Å². The van der Waals surface area contributed by atoms with Gasteiger partial charge in [-0.2, -0.15) is 0 Å². The molecule has 0 saturated carbocycles. The summed E-state index contributed by atoms with van der Waals surface area (Å²) in [5.74, 6) is 1.00. The summed E-state index contributed by atoms with van der Waals surface area (Å²) in [4.78, 5) is 2.50. The molecular weight excluding hydrogens is 278 g/mol. The van der Waals surface area contributed by atoms with Crippen LogP contribution in [0.15, 0.2) is 22.7 Å². The van der Waals surface area contributed by atoms with E-state index < -0.39 is 0 Å². The molecule has 94 valence electrons. The summed E-state index contributed by atoms with van der Waals surface area (Å²) in [5.41, 5.74) is 1.19. The standard InChI is InChI=1S/C14H20BrNO/c1-12-11-13(15)5-6-14(12)17-10-9-16-7-3-2-4-8-16/h5-6,11H,2-4,7-10H2,1H3. The third-order valence-electron chi connectivity index (χ3n) is 3.25. The Kier molecular flexibility index (Phi) is 4.86. The summed E-state index contributed by atoms with van der Waals surface area (Å²) in [6.07, 6.45) is 4.08. The molecular formula is C14H20BrNO. The lowest BCUT2D eigenvalue weighted by Crippen LogP contribution is -2.33. The van der Waals surface area contributed by atoms with Crippen LogP contribution in [0.4, 0.5) is 0 Å². The zero-order valence-electron chi connectivity index (χ0n) is 10.4. The van der Waals surface area contributed by atoms with Crippen LogP contribution in [0.25, 0.3) is 0 Å². The fourth-order valence-electron chi connectivity index (χ4n) is 2.24. The molecule has 0 bridgehead atoms. The first-order valence-corrected chi connectivity index (χ1v) is 7.16. The van der Waals surface area contributed by atoms with Crippen molar-refractivity contribution < 1.29 is 4.74 Å². The van der Waals surface area contributed by atoms with E-state index in [0.717, 1.165) is 23.4 Å². The Balaban J connectivity index is 1.77. The van der Waals surface area contributed by atoms with Crippen LogP contribution >= 0.6 is 15.9 Å². The van der Waals surface area contributed by atoms with Crippen molar-refractivity contribution in [1.29, 1.82) is 0 Å². The van der Waals surface area contributed by atoms with Crippen LogP contribution in [0, 0.1) is 6.92 Å². The first kappa shape index (κ1) is 12.9. The maximum absolute atomic E-state index is 5.83. The van der Waals surface area contributed by atoms with E-state index in [0.29, 0.717) is 0 Å². The van der Waals surface area contributed by atoms with Gasteiger partial charge in [-0.15, -0.1) is 0 Å². The van der Waals surface area contributed by atoms with Gasteiger partial charge in [-0.3, -0.25) is 4.90 Å². The van der Waals surface area contributed by atoms with Crippen LogP contribution in [-0.2, 0) is 0 Å². The highest BCUT2D eigenvalue weighted by Gasteiger charge is 2.09. The minimum Gasteiger partial charge on any atom is -0.492 e. The van der Waals surface area contributed by atoms with Gasteiger partial charge in [-0.25, -0.2) is 0 Å². The van der Waals surface area contributed by atoms with E-state index in [9.17, 15) is 0 Å². The number of hydrogen-bond donors (Lipinski definition) is 0. The molecule has 1 aromatic rings. The van der Waals surface area contributed by atoms with E-state index >= 15 is 0 Å². The molecule has 1 aromatic carbocycles. The van der Waals surface area contributed by atoms with Crippen molar-refractivity contribution in [3.63, 3.8) is 0 Å². The number of halogens is 1. The lowest BCUT2D eigenvalue weighted by Gasteiger charge is -2.26. The molecule has 1 saturated heterocycles. The molecule has 0 spiro atoms. The van der Waals surface area contributed by atoms with Gasteiger partial charge in [0.15, 0.2) is 0 Å². The molecule has 0 aromatic heterocycles. The first-order valence-electron chi connectivity index (χ1n) is 6.37. The molecule has 3 heteroatoms. The molecule has 2 rings (SSSR count). The summed E-state index contributed by atoms with van der Waals surface area (Å²) in [6.45, 7) is 6.41. The van der Waals surface area contributed by atoms with Crippen molar-refractivity contribution in [3.8, 4) is 5.75 Å². The lowest BCUT2D eigenvalue weighted by atomic mass is 10.1.